The summed E-state index contributed by atoms with van der Waals surface area (Å²) in [6.07, 6.45) is 3.50. The number of ether oxygens (including phenoxy) is 1. The van der Waals surface area contributed by atoms with Crippen molar-refractivity contribution in [3.63, 3.8) is 0 Å². The van der Waals surface area contributed by atoms with E-state index in [1.54, 1.807) is 4.90 Å². The van der Waals surface area contributed by atoms with Crippen molar-refractivity contribution in [1.82, 2.24) is 20.0 Å². The highest BCUT2D eigenvalue weighted by Crippen LogP contribution is 2.21. The van der Waals surface area contributed by atoms with Gasteiger partial charge in [-0.2, -0.15) is 0 Å². The van der Waals surface area contributed by atoms with Crippen LogP contribution in [-0.2, 0) is 11.3 Å². The molecule has 122 valence electrons. The Morgan fingerprint density at radius 1 is 1.52 bits per heavy atom. The molecule has 23 heavy (non-hydrogen) atoms. The van der Waals surface area contributed by atoms with Gasteiger partial charge < -0.3 is 14.2 Å². The van der Waals surface area contributed by atoms with Gasteiger partial charge >= 0.3 is 0 Å². The van der Waals surface area contributed by atoms with Crippen LogP contribution in [0.1, 0.15) is 33.9 Å². The lowest BCUT2D eigenvalue weighted by molar-refractivity contribution is 0.0429. The van der Waals surface area contributed by atoms with Crippen molar-refractivity contribution in [2.75, 3.05) is 13.1 Å². The van der Waals surface area contributed by atoms with Crippen molar-refractivity contribution < 1.29 is 14.1 Å². The number of carbonyl (C=O) groups excluding carboxylic acids is 1. The fourth-order valence-corrected chi connectivity index (χ4v) is 2.76. The maximum atomic E-state index is 12.4. The summed E-state index contributed by atoms with van der Waals surface area (Å²) in [5.74, 6) is 0.571. The summed E-state index contributed by atoms with van der Waals surface area (Å²) in [5, 5.41) is 4.17. The summed E-state index contributed by atoms with van der Waals surface area (Å²) in [7, 11) is 0. The second-order valence-electron chi connectivity index (χ2n) is 5.49. The van der Waals surface area contributed by atoms with E-state index in [1.165, 1.54) is 12.5 Å². The van der Waals surface area contributed by atoms with E-state index in [1.807, 2.05) is 13.8 Å². The molecule has 0 radical (unpaired) electrons. The Labute approximate surface area is 138 Å². The largest absolute Gasteiger partial charge is 0.371 e. The number of aromatic nitrogens is 3. The van der Waals surface area contributed by atoms with Gasteiger partial charge in [0.15, 0.2) is 0 Å². The molecule has 2 aromatic heterocycles. The number of aryl methyl sites for hydroxylation is 2. The van der Waals surface area contributed by atoms with Crippen LogP contribution < -0.4 is 0 Å². The fraction of sp³-hybridized carbons (Fsp3) is 0.467. The van der Waals surface area contributed by atoms with E-state index in [0.29, 0.717) is 19.7 Å². The summed E-state index contributed by atoms with van der Waals surface area (Å²) in [6, 6.07) is 0. The second-order valence-corrected chi connectivity index (χ2v) is 5.90. The molecular formula is C15H17ClN4O3. The smallest absolute Gasteiger partial charge is 0.274 e. The standard InChI is InChI=1S/C15H17ClN4O3/c1-9-12(10(2)23-19-9)7-22-11-3-4-20(6-11)15(21)14-13(16)5-17-8-18-14/h5,8,11H,3-4,6-7H2,1-2H3. The average Bonchev–Trinajstić information content (AvgIpc) is 3.13. The van der Waals surface area contributed by atoms with Gasteiger partial charge in [-0.15, -0.1) is 0 Å². The number of nitrogens with zero attached hydrogens (tertiary/aromatic N) is 4. The van der Waals surface area contributed by atoms with Crippen LogP contribution in [0.3, 0.4) is 0 Å². The van der Waals surface area contributed by atoms with Crippen molar-refractivity contribution >= 4 is 17.5 Å². The van der Waals surface area contributed by atoms with Crippen LogP contribution >= 0.6 is 11.6 Å². The Hall–Kier alpha value is -1.99. The molecule has 0 saturated carbocycles. The van der Waals surface area contributed by atoms with E-state index >= 15 is 0 Å². The predicted octanol–water partition coefficient (Wildman–Crippen LogP) is 2.17. The molecule has 1 fully saturated rings. The highest BCUT2D eigenvalue weighted by molar-refractivity contribution is 6.33. The first-order chi connectivity index (χ1) is 11.1. The van der Waals surface area contributed by atoms with Gasteiger partial charge in [0.2, 0.25) is 0 Å². The van der Waals surface area contributed by atoms with Crippen LogP contribution in [0, 0.1) is 13.8 Å². The zero-order chi connectivity index (χ0) is 16.4. The summed E-state index contributed by atoms with van der Waals surface area (Å²) in [6.45, 7) is 5.31. The Morgan fingerprint density at radius 3 is 3.04 bits per heavy atom. The Balaban J connectivity index is 1.58. The molecular weight excluding hydrogens is 320 g/mol. The van der Waals surface area contributed by atoms with Crippen molar-refractivity contribution in [3.05, 3.63) is 40.3 Å². The lowest BCUT2D eigenvalue weighted by Gasteiger charge is -2.16. The van der Waals surface area contributed by atoms with Gasteiger partial charge in [-0.25, -0.2) is 9.97 Å². The van der Waals surface area contributed by atoms with Crippen LogP contribution in [-0.4, -0.2) is 45.1 Å². The van der Waals surface area contributed by atoms with Crippen LogP contribution in [0.15, 0.2) is 17.0 Å². The molecule has 3 rings (SSSR count). The molecule has 1 aliphatic rings. The van der Waals surface area contributed by atoms with E-state index in [2.05, 4.69) is 15.1 Å². The van der Waals surface area contributed by atoms with Crippen LogP contribution in [0.2, 0.25) is 5.02 Å². The number of likely N-dealkylation sites (tertiary alicyclic amines) is 1. The molecule has 0 N–H and O–H groups in total. The lowest BCUT2D eigenvalue weighted by atomic mass is 10.2. The summed E-state index contributed by atoms with van der Waals surface area (Å²) < 4.78 is 11.0. The van der Waals surface area contributed by atoms with Crippen molar-refractivity contribution in [2.45, 2.75) is 33.0 Å². The van der Waals surface area contributed by atoms with Gasteiger partial charge in [0.1, 0.15) is 17.8 Å². The second kappa shape index (κ2) is 6.64. The van der Waals surface area contributed by atoms with E-state index in [4.69, 9.17) is 20.9 Å². The molecule has 1 amide bonds. The zero-order valence-corrected chi connectivity index (χ0v) is 13.7. The first-order valence-electron chi connectivity index (χ1n) is 7.34. The van der Waals surface area contributed by atoms with Gasteiger partial charge in [-0.05, 0) is 20.3 Å². The summed E-state index contributed by atoms with van der Waals surface area (Å²) in [5.41, 5.74) is 2.03. The number of hydrogen-bond donors (Lipinski definition) is 0. The zero-order valence-electron chi connectivity index (χ0n) is 13.0. The molecule has 8 heteroatoms. The Kier molecular flexibility index (Phi) is 4.58. The maximum Gasteiger partial charge on any atom is 0.274 e. The van der Waals surface area contributed by atoms with E-state index < -0.39 is 0 Å². The quantitative estimate of drug-likeness (QED) is 0.851. The van der Waals surface area contributed by atoms with E-state index in [9.17, 15) is 4.79 Å². The minimum Gasteiger partial charge on any atom is -0.371 e. The maximum absolute atomic E-state index is 12.4. The molecule has 1 unspecified atom stereocenters. The molecule has 1 saturated heterocycles. The van der Waals surface area contributed by atoms with Gasteiger partial charge in [-0.3, -0.25) is 4.79 Å². The molecule has 3 heterocycles. The predicted molar refractivity (Wildman–Crippen MR) is 82.1 cm³/mol. The Bertz CT molecular complexity index is 699. The molecule has 7 nitrogen and oxygen atoms in total. The van der Waals surface area contributed by atoms with Gasteiger partial charge in [-0.1, -0.05) is 16.8 Å². The third kappa shape index (κ3) is 3.35. The molecule has 2 aromatic rings. The highest BCUT2D eigenvalue weighted by Gasteiger charge is 2.29. The number of halogens is 1. The number of rotatable bonds is 4. The molecule has 0 aliphatic carbocycles. The van der Waals surface area contributed by atoms with E-state index in [0.717, 1.165) is 23.4 Å². The lowest BCUT2D eigenvalue weighted by Crippen LogP contribution is -2.31. The van der Waals surface area contributed by atoms with Gasteiger partial charge in [0.05, 0.1) is 23.4 Å². The molecule has 0 aromatic carbocycles. The van der Waals surface area contributed by atoms with Gasteiger partial charge in [0.25, 0.3) is 5.91 Å². The first kappa shape index (κ1) is 15.9. The van der Waals surface area contributed by atoms with Crippen molar-refractivity contribution in [3.8, 4) is 0 Å². The third-order valence-electron chi connectivity index (χ3n) is 3.95. The van der Waals surface area contributed by atoms with E-state index in [-0.39, 0.29) is 22.7 Å². The first-order valence-corrected chi connectivity index (χ1v) is 7.72. The molecule has 1 aliphatic heterocycles. The minimum absolute atomic E-state index is 0.0201. The Morgan fingerprint density at radius 2 is 2.35 bits per heavy atom. The summed E-state index contributed by atoms with van der Waals surface area (Å²) in [4.78, 5) is 21.9. The van der Waals surface area contributed by atoms with Crippen molar-refractivity contribution in [1.29, 1.82) is 0 Å². The fourth-order valence-electron chi connectivity index (χ4n) is 2.58. The average molecular weight is 337 g/mol. The highest BCUT2D eigenvalue weighted by atomic mass is 35.5. The molecule has 1 atom stereocenters. The van der Waals surface area contributed by atoms with Crippen molar-refractivity contribution in [2.24, 2.45) is 0 Å². The molecule has 0 spiro atoms. The SMILES string of the molecule is Cc1noc(C)c1COC1CCN(C(=O)c2ncncc2Cl)C1. The summed E-state index contributed by atoms with van der Waals surface area (Å²) >= 11 is 5.98. The van der Waals surface area contributed by atoms with Gasteiger partial charge in [0, 0.05) is 24.8 Å². The van der Waals surface area contributed by atoms with Crippen LogP contribution in [0.4, 0.5) is 0 Å². The van der Waals surface area contributed by atoms with Crippen LogP contribution in [0.25, 0.3) is 0 Å². The number of amides is 1. The normalized spacial score (nSPS) is 17.7. The number of hydrogen-bond acceptors (Lipinski definition) is 6. The minimum atomic E-state index is -0.194. The third-order valence-corrected chi connectivity index (χ3v) is 4.22. The topological polar surface area (TPSA) is 81.4 Å². The molecule has 0 bridgehead atoms. The number of carbonyl (C=O) groups is 1. The monoisotopic (exact) mass is 336 g/mol. The van der Waals surface area contributed by atoms with Crippen LogP contribution in [0.5, 0.6) is 0 Å².